The molecule has 5 unspecified atom stereocenters. The molecule has 0 spiro atoms. The SMILES string of the molecule is Nc1nc(Nc2ccc(C3CCN(C4CC5CCC4C5)CC3)cc2)nn1-c1ncc2c(n1)C1CCC2C1. The number of hydrogen-bond donors (Lipinski definition) is 2. The number of nitrogens with zero attached hydrogens (tertiary/aromatic N) is 6. The van der Waals surface area contributed by atoms with Crippen LogP contribution in [0.2, 0.25) is 0 Å². The molecule has 3 heterocycles. The molecule has 5 atom stereocenters. The molecular formula is C29H36N8. The zero-order chi connectivity index (χ0) is 24.5. The van der Waals surface area contributed by atoms with E-state index < -0.39 is 0 Å². The smallest absolute Gasteiger partial charge is 0.254 e. The van der Waals surface area contributed by atoms with Crippen molar-refractivity contribution in [2.24, 2.45) is 11.8 Å². The number of nitrogens with one attached hydrogen (secondary N) is 1. The minimum atomic E-state index is 0.296. The summed E-state index contributed by atoms with van der Waals surface area (Å²) in [5.41, 5.74) is 11.1. The first-order valence-corrected chi connectivity index (χ1v) is 14.4. The van der Waals surface area contributed by atoms with Crippen molar-refractivity contribution in [3.05, 3.63) is 47.3 Å². The monoisotopic (exact) mass is 496 g/mol. The summed E-state index contributed by atoms with van der Waals surface area (Å²) in [5.74, 6) is 5.15. The number of hydrogen-bond acceptors (Lipinski definition) is 7. The van der Waals surface area contributed by atoms with E-state index in [2.05, 4.69) is 49.5 Å². The van der Waals surface area contributed by atoms with Gasteiger partial charge >= 0.3 is 0 Å². The second kappa shape index (κ2) is 8.51. The molecule has 3 aromatic rings. The van der Waals surface area contributed by atoms with Gasteiger partial charge in [0.2, 0.25) is 11.9 Å². The Morgan fingerprint density at radius 1 is 0.838 bits per heavy atom. The van der Waals surface area contributed by atoms with Gasteiger partial charge in [-0.3, -0.25) is 0 Å². The van der Waals surface area contributed by atoms with Crippen molar-refractivity contribution in [1.82, 2.24) is 29.6 Å². The van der Waals surface area contributed by atoms with Crippen LogP contribution in [0.25, 0.3) is 5.95 Å². The van der Waals surface area contributed by atoms with E-state index >= 15 is 0 Å². The second-order valence-electron chi connectivity index (χ2n) is 12.2. The van der Waals surface area contributed by atoms with E-state index in [1.54, 1.807) is 4.68 Å². The van der Waals surface area contributed by atoms with Gasteiger partial charge in [-0.05, 0) is 111 Å². The first-order valence-electron chi connectivity index (χ1n) is 14.4. The van der Waals surface area contributed by atoms with E-state index in [1.807, 2.05) is 6.20 Å². The van der Waals surface area contributed by atoms with E-state index in [0.29, 0.717) is 35.6 Å². The van der Waals surface area contributed by atoms with Gasteiger partial charge in [0, 0.05) is 23.8 Å². The quantitative estimate of drug-likeness (QED) is 0.506. The van der Waals surface area contributed by atoms with Gasteiger partial charge in [-0.2, -0.15) is 9.67 Å². The molecule has 4 aliphatic carbocycles. The molecule has 4 bridgehead atoms. The van der Waals surface area contributed by atoms with Gasteiger partial charge in [-0.1, -0.05) is 18.6 Å². The lowest BCUT2D eigenvalue weighted by molar-refractivity contribution is 0.111. The van der Waals surface area contributed by atoms with E-state index in [1.165, 1.54) is 87.7 Å². The Hall–Kier alpha value is -3.00. The largest absolute Gasteiger partial charge is 0.368 e. The maximum Gasteiger partial charge on any atom is 0.254 e. The van der Waals surface area contributed by atoms with Gasteiger partial charge < -0.3 is 16.0 Å². The van der Waals surface area contributed by atoms with Crippen LogP contribution in [0.15, 0.2) is 30.5 Å². The third kappa shape index (κ3) is 3.75. The third-order valence-electron chi connectivity index (χ3n) is 10.3. The predicted octanol–water partition coefficient (Wildman–Crippen LogP) is 5.12. The van der Waals surface area contributed by atoms with Crippen LogP contribution < -0.4 is 11.1 Å². The van der Waals surface area contributed by atoms with Crippen molar-refractivity contribution in [3.8, 4) is 5.95 Å². The normalized spacial score (nSPS) is 30.8. The average Bonchev–Trinajstić information content (AvgIpc) is 3.77. The molecule has 5 aliphatic rings. The lowest BCUT2D eigenvalue weighted by Crippen LogP contribution is -2.43. The molecule has 0 amide bonds. The Morgan fingerprint density at radius 3 is 2.46 bits per heavy atom. The zero-order valence-corrected chi connectivity index (χ0v) is 21.4. The van der Waals surface area contributed by atoms with Crippen LogP contribution in [0.3, 0.4) is 0 Å². The Morgan fingerprint density at radius 2 is 1.68 bits per heavy atom. The molecule has 37 heavy (non-hydrogen) atoms. The van der Waals surface area contributed by atoms with Crippen LogP contribution in [0.4, 0.5) is 17.6 Å². The highest BCUT2D eigenvalue weighted by Crippen LogP contribution is 2.52. The summed E-state index contributed by atoms with van der Waals surface area (Å²) < 4.78 is 1.55. The van der Waals surface area contributed by atoms with E-state index in [-0.39, 0.29) is 0 Å². The molecule has 4 fully saturated rings. The number of rotatable bonds is 5. The van der Waals surface area contributed by atoms with Crippen molar-refractivity contribution >= 4 is 17.6 Å². The zero-order valence-electron chi connectivity index (χ0n) is 21.4. The summed E-state index contributed by atoms with van der Waals surface area (Å²) in [7, 11) is 0. The van der Waals surface area contributed by atoms with Gasteiger partial charge in [0.05, 0.1) is 5.69 Å². The van der Waals surface area contributed by atoms with Crippen molar-refractivity contribution in [2.45, 2.75) is 81.6 Å². The fourth-order valence-corrected chi connectivity index (χ4v) is 8.37. The summed E-state index contributed by atoms with van der Waals surface area (Å²) in [6.07, 6.45) is 14.1. The van der Waals surface area contributed by atoms with Crippen LogP contribution in [-0.4, -0.2) is 48.8 Å². The topological polar surface area (TPSA) is 97.8 Å². The Kier molecular flexibility index (Phi) is 5.07. The molecular weight excluding hydrogens is 460 g/mol. The lowest BCUT2D eigenvalue weighted by Gasteiger charge is -2.39. The number of nitrogen functional groups attached to an aromatic ring is 1. The van der Waals surface area contributed by atoms with Gasteiger partial charge in [0.15, 0.2) is 0 Å². The molecule has 3 N–H and O–H groups in total. The van der Waals surface area contributed by atoms with Crippen molar-refractivity contribution in [2.75, 3.05) is 24.1 Å². The highest BCUT2D eigenvalue weighted by molar-refractivity contribution is 5.55. The lowest BCUT2D eigenvalue weighted by atomic mass is 9.86. The second-order valence-corrected chi connectivity index (χ2v) is 12.2. The van der Waals surface area contributed by atoms with Gasteiger partial charge in [0.1, 0.15) is 0 Å². The summed E-state index contributed by atoms with van der Waals surface area (Å²) in [5, 5.41) is 7.89. The van der Waals surface area contributed by atoms with Crippen molar-refractivity contribution in [1.29, 1.82) is 0 Å². The average molecular weight is 497 g/mol. The molecule has 1 aliphatic heterocycles. The number of nitrogens with two attached hydrogens (primary N) is 1. The first-order chi connectivity index (χ1) is 18.2. The summed E-state index contributed by atoms with van der Waals surface area (Å²) in [6, 6.07) is 9.68. The van der Waals surface area contributed by atoms with Crippen LogP contribution in [0.5, 0.6) is 0 Å². The maximum atomic E-state index is 6.21. The Bertz CT molecular complexity index is 1310. The van der Waals surface area contributed by atoms with Crippen molar-refractivity contribution in [3.63, 3.8) is 0 Å². The molecule has 192 valence electrons. The van der Waals surface area contributed by atoms with Gasteiger partial charge in [-0.15, -0.1) is 5.10 Å². The Labute approximate surface area is 218 Å². The number of fused-ring (bicyclic) bond motifs is 7. The standard InChI is InChI=1S/C29H36N8/c30-27-34-28(35-37(27)29-31-16-24-20-3-4-22(15-20)26(24)33-29)32-23-7-5-18(6-8-23)19-9-11-36(12-10-19)25-14-17-1-2-21(25)13-17/h5-8,16-17,19-22,25H,1-4,9-15H2,(H3,30,32,34,35). The fraction of sp³-hybridized carbons (Fsp3) is 0.586. The minimum Gasteiger partial charge on any atom is -0.368 e. The first kappa shape index (κ1) is 22.0. The van der Waals surface area contributed by atoms with E-state index in [9.17, 15) is 0 Å². The maximum absolute atomic E-state index is 6.21. The van der Waals surface area contributed by atoms with Crippen LogP contribution >= 0.6 is 0 Å². The molecule has 8 nitrogen and oxygen atoms in total. The Balaban J connectivity index is 0.921. The fourth-order valence-electron chi connectivity index (χ4n) is 8.37. The number of piperidine rings is 1. The van der Waals surface area contributed by atoms with Gasteiger partial charge in [-0.25, -0.2) is 9.97 Å². The summed E-state index contributed by atoms with van der Waals surface area (Å²) >= 11 is 0. The molecule has 8 rings (SSSR count). The minimum absolute atomic E-state index is 0.296. The number of aromatic nitrogens is 5. The molecule has 1 saturated heterocycles. The van der Waals surface area contributed by atoms with E-state index in [4.69, 9.17) is 10.7 Å². The van der Waals surface area contributed by atoms with Crippen LogP contribution in [0.1, 0.15) is 92.4 Å². The highest BCUT2D eigenvalue weighted by atomic mass is 15.5. The molecule has 1 aromatic carbocycles. The number of anilines is 3. The van der Waals surface area contributed by atoms with Crippen molar-refractivity contribution < 1.29 is 0 Å². The highest BCUT2D eigenvalue weighted by Gasteiger charge is 2.43. The molecule has 8 heteroatoms. The summed E-state index contributed by atoms with van der Waals surface area (Å²) in [4.78, 5) is 16.6. The molecule has 2 aromatic heterocycles. The number of likely N-dealkylation sites (tertiary alicyclic amines) is 1. The molecule has 3 saturated carbocycles. The van der Waals surface area contributed by atoms with Gasteiger partial charge in [0.25, 0.3) is 5.95 Å². The van der Waals surface area contributed by atoms with Crippen LogP contribution in [-0.2, 0) is 0 Å². The third-order valence-corrected chi connectivity index (χ3v) is 10.3. The predicted molar refractivity (Wildman–Crippen MR) is 143 cm³/mol. The van der Waals surface area contributed by atoms with Crippen LogP contribution in [0, 0.1) is 11.8 Å². The summed E-state index contributed by atoms with van der Waals surface area (Å²) in [6.45, 7) is 2.51. The molecule has 0 radical (unpaired) electrons. The van der Waals surface area contributed by atoms with E-state index in [0.717, 1.165) is 23.6 Å². The number of benzene rings is 1.